The monoisotopic (exact) mass is 381 g/mol. The summed E-state index contributed by atoms with van der Waals surface area (Å²) < 4.78 is 1.20. The van der Waals surface area contributed by atoms with Gasteiger partial charge in [0, 0.05) is 38.0 Å². The number of hydrogen-bond donors (Lipinski definition) is 0. The van der Waals surface area contributed by atoms with E-state index in [9.17, 15) is 9.59 Å². The highest BCUT2D eigenvalue weighted by Gasteiger charge is 2.23. The quantitative estimate of drug-likeness (QED) is 0.759. The van der Waals surface area contributed by atoms with E-state index in [-0.39, 0.29) is 16.8 Å². The summed E-state index contributed by atoms with van der Waals surface area (Å²) in [6.07, 6.45) is 2.07. The third kappa shape index (κ3) is 4.04. The number of amides is 1. The molecule has 1 fully saturated rings. The second-order valence-corrected chi connectivity index (χ2v) is 8.52. The summed E-state index contributed by atoms with van der Waals surface area (Å²) >= 11 is 4.52. The largest absolute Gasteiger partial charge is 0.345 e. The lowest BCUT2D eigenvalue weighted by atomic mass is 10.3. The van der Waals surface area contributed by atoms with Gasteiger partial charge in [-0.2, -0.15) is 0 Å². The molecule has 2 aromatic rings. The number of piperazine rings is 1. The Kier molecular flexibility index (Phi) is 5.68. The SMILES string of the molecule is CSc1ccc2nc(N3CCN(C(=O)CSC(C)=O)CC3)sc2c1. The second-order valence-electron chi connectivity index (χ2n) is 5.48. The summed E-state index contributed by atoms with van der Waals surface area (Å²) in [5, 5.41) is 1.01. The molecule has 0 N–H and O–H groups in total. The number of rotatable bonds is 4. The number of nitrogens with zero attached hydrogens (tertiary/aromatic N) is 3. The van der Waals surface area contributed by atoms with Gasteiger partial charge < -0.3 is 9.80 Å². The van der Waals surface area contributed by atoms with Crippen LogP contribution in [0.1, 0.15) is 6.92 Å². The van der Waals surface area contributed by atoms with E-state index in [1.807, 2.05) is 4.90 Å². The van der Waals surface area contributed by atoms with Crippen LogP contribution in [0.3, 0.4) is 0 Å². The molecule has 1 saturated heterocycles. The van der Waals surface area contributed by atoms with Gasteiger partial charge in [-0.05, 0) is 24.5 Å². The minimum atomic E-state index is -0.0129. The molecule has 128 valence electrons. The third-order valence-corrected chi connectivity index (χ3v) is 6.49. The van der Waals surface area contributed by atoms with E-state index in [0.717, 1.165) is 35.5 Å². The van der Waals surface area contributed by atoms with Crippen molar-refractivity contribution in [2.45, 2.75) is 11.8 Å². The number of fused-ring (bicyclic) bond motifs is 1. The number of thioether (sulfide) groups is 2. The van der Waals surface area contributed by atoms with E-state index in [1.54, 1.807) is 23.1 Å². The molecule has 1 aromatic heterocycles. The van der Waals surface area contributed by atoms with Gasteiger partial charge in [-0.3, -0.25) is 9.59 Å². The molecule has 1 amide bonds. The van der Waals surface area contributed by atoms with Crippen molar-refractivity contribution in [3.63, 3.8) is 0 Å². The molecule has 0 spiro atoms. The van der Waals surface area contributed by atoms with Crippen molar-refractivity contribution in [1.82, 2.24) is 9.88 Å². The fourth-order valence-electron chi connectivity index (χ4n) is 2.56. The molecule has 0 unspecified atom stereocenters. The van der Waals surface area contributed by atoms with Crippen LogP contribution in [0.15, 0.2) is 23.1 Å². The van der Waals surface area contributed by atoms with Crippen LogP contribution in [0.5, 0.6) is 0 Å². The molecule has 0 aliphatic carbocycles. The Balaban J connectivity index is 1.62. The molecule has 0 radical (unpaired) electrons. The van der Waals surface area contributed by atoms with E-state index in [1.165, 1.54) is 16.5 Å². The lowest BCUT2D eigenvalue weighted by molar-refractivity contribution is -0.128. The van der Waals surface area contributed by atoms with Crippen molar-refractivity contribution >= 4 is 61.2 Å². The maximum atomic E-state index is 12.1. The van der Waals surface area contributed by atoms with Gasteiger partial charge in [-0.25, -0.2) is 4.98 Å². The summed E-state index contributed by atoms with van der Waals surface area (Å²) in [4.78, 5) is 33.1. The first-order valence-corrected chi connectivity index (χ1v) is 10.7. The Labute approximate surface area is 153 Å². The van der Waals surface area contributed by atoms with Crippen LogP contribution in [-0.2, 0) is 9.59 Å². The number of benzene rings is 1. The fourth-order valence-corrected chi connectivity index (χ4v) is 4.64. The number of carbonyl (C=O) groups is 2. The van der Waals surface area contributed by atoms with E-state index in [4.69, 9.17) is 4.98 Å². The van der Waals surface area contributed by atoms with Gasteiger partial charge in [0.1, 0.15) is 0 Å². The Morgan fingerprint density at radius 3 is 2.67 bits per heavy atom. The number of thiazole rings is 1. The standard InChI is InChI=1S/C16H19N3O2S3/c1-11(20)23-10-15(21)18-5-7-19(8-6-18)16-17-13-4-3-12(22-2)9-14(13)24-16/h3-4,9H,5-8,10H2,1-2H3. The van der Waals surface area contributed by atoms with Crippen molar-refractivity contribution in [2.75, 3.05) is 43.1 Å². The smallest absolute Gasteiger partial charge is 0.233 e. The maximum absolute atomic E-state index is 12.1. The molecular formula is C16H19N3O2S3. The minimum absolute atomic E-state index is 0.0129. The molecule has 0 atom stereocenters. The van der Waals surface area contributed by atoms with Crippen LogP contribution in [0.2, 0.25) is 0 Å². The van der Waals surface area contributed by atoms with Crippen molar-refractivity contribution in [2.24, 2.45) is 0 Å². The number of hydrogen-bond acceptors (Lipinski definition) is 7. The normalized spacial score (nSPS) is 15.1. The summed E-state index contributed by atoms with van der Waals surface area (Å²) in [5.41, 5.74) is 1.03. The highest BCUT2D eigenvalue weighted by Crippen LogP contribution is 2.32. The van der Waals surface area contributed by atoms with Gasteiger partial charge in [0.25, 0.3) is 0 Å². The molecule has 24 heavy (non-hydrogen) atoms. The lowest BCUT2D eigenvalue weighted by Gasteiger charge is -2.34. The average molecular weight is 382 g/mol. The van der Waals surface area contributed by atoms with Crippen LogP contribution in [0, 0.1) is 0 Å². The van der Waals surface area contributed by atoms with Gasteiger partial charge in [0.15, 0.2) is 10.2 Å². The summed E-state index contributed by atoms with van der Waals surface area (Å²) in [5.74, 6) is 0.289. The second kappa shape index (κ2) is 7.76. The first-order chi connectivity index (χ1) is 11.6. The van der Waals surface area contributed by atoms with E-state index >= 15 is 0 Å². The van der Waals surface area contributed by atoms with Crippen LogP contribution < -0.4 is 4.90 Å². The van der Waals surface area contributed by atoms with Crippen LogP contribution in [0.25, 0.3) is 10.2 Å². The molecule has 2 heterocycles. The van der Waals surface area contributed by atoms with Gasteiger partial charge >= 0.3 is 0 Å². The molecule has 8 heteroatoms. The molecule has 1 aliphatic heterocycles. The highest BCUT2D eigenvalue weighted by atomic mass is 32.2. The van der Waals surface area contributed by atoms with E-state index < -0.39 is 0 Å². The van der Waals surface area contributed by atoms with Crippen LogP contribution >= 0.6 is 34.9 Å². The van der Waals surface area contributed by atoms with Crippen LogP contribution in [0.4, 0.5) is 5.13 Å². The van der Waals surface area contributed by atoms with Gasteiger partial charge in [-0.1, -0.05) is 23.1 Å². The zero-order valence-electron chi connectivity index (χ0n) is 13.7. The first-order valence-electron chi connectivity index (χ1n) is 7.67. The molecule has 3 rings (SSSR count). The number of aromatic nitrogens is 1. The van der Waals surface area contributed by atoms with E-state index in [0.29, 0.717) is 13.1 Å². The zero-order chi connectivity index (χ0) is 17.1. The van der Waals surface area contributed by atoms with Crippen molar-refractivity contribution in [3.8, 4) is 0 Å². The molecule has 0 bridgehead atoms. The third-order valence-electron chi connectivity index (χ3n) is 3.89. The Bertz CT molecular complexity index is 754. The van der Waals surface area contributed by atoms with Crippen molar-refractivity contribution < 1.29 is 9.59 Å². The molecule has 0 saturated carbocycles. The van der Waals surface area contributed by atoms with E-state index in [2.05, 4.69) is 29.4 Å². The molecule has 1 aromatic carbocycles. The van der Waals surface area contributed by atoms with Gasteiger partial charge in [0.05, 0.1) is 16.0 Å². The predicted molar refractivity (Wildman–Crippen MR) is 103 cm³/mol. The summed E-state index contributed by atoms with van der Waals surface area (Å²) in [6, 6.07) is 6.35. The minimum Gasteiger partial charge on any atom is -0.345 e. The van der Waals surface area contributed by atoms with Crippen molar-refractivity contribution in [1.29, 1.82) is 0 Å². The number of anilines is 1. The Morgan fingerprint density at radius 1 is 1.25 bits per heavy atom. The first kappa shape index (κ1) is 17.6. The van der Waals surface area contributed by atoms with Crippen molar-refractivity contribution in [3.05, 3.63) is 18.2 Å². The van der Waals surface area contributed by atoms with Gasteiger partial charge in [-0.15, -0.1) is 11.8 Å². The zero-order valence-corrected chi connectivity index (χ0v) is 16.1. The Morgan fingerprint density at radius 2 is 2.00 bits per heavy atom. The fraction of sp³-hybridized carbons (Fsp3) is 0.438. The lowest BCUT2D eigenvalue weighted by Crippen LogP contribution is -2.49. The molecular weight excluding hydrogens is 362 g/mol. The summed E-state index contributed by atoms with van der Waals surface area (Å²) in [7, 11) is 0. The predicted octanol–water partition coefficient (Wildman–Crippen LogP) is 2.95. The van der Waals surface area contributed by atoms with Crippen LogP contribution in [-0.4, -0.2) is 59.1 Å². The average Bonchev–Trinajstić information content (AvgIpc) is 3.02. The summed E-state index contributed by atoms with van der Waals surface area (Å²) in [6.45, 7) is 4.43. The number of carbonyl (C=O) groups excluding carboxylic acids is 2. The molecule has 1 aliphatic rings. The Hall–Kier alpha value is -1.25. The molecule has 5 nitrogen and oxygen atoms in total. The highest BCUT2D eigenvalue weighted by molar-refractivity contribution is 8.14. The van der Waals surface area contributed by atoms with Gasteiger partial charge in [0.2, 0.25) is 5.91 Å². The maximum Gasteiger partial charge on any atom is 0.233 e. The topological polar surface area (TPSA) is 53.5 Å².